The summed E-state index contributed by atoms with van der Waals surface area (Å²) in [6, 6.07) is 14.0. The van der Waals surface area contributed by atoms with E-state index in [2.05, 4.69) is 22.9 Å². The SMILES string of the molecule is N#Cc1ccc(C(S)C(=O)Nc2ccccn2)cc1. The van der Waals surface area contributed by atoms with E-state index in [1.807, 2.05) is 6.07 Å². The van der Waals surface area contributed by atoms with E-state index < -0.39 is 5.25 Å². The van der Waals surface area contributed by atoms with Crippen LogP contribution in [-0.2, 0) is 4.79 Å². The van der Waals surface area contributed by atoms with Crippen LogP contribution in [0.2, 0.25) is 0 Å². The number of nitrogens with one attached hydrogen (secondary N) is 1. The zero-order chi connectivity index (χ0) is 13.7. The maximum atomic E-state index is 12.0. The van der Waals surface area contributed by atoms with E-state index in [0.717, 1.165) is 5.56 Å². The van der Waals surface area contributed by atoms with Gasteiger partial charge in [0, 0.05) is 6.20 Å². The number of nitriles is 1. The zero-order valence-corrected chi connectivity index (χ0v) is 10.8. The number of rotatable bonds is 3. The quantitative estimate of drug-likeness (QED) is 0.842. The van der Waals surface area contributed by atoms with Crippen LogP contribution in [0.3, 0.4) is 0 Å². The lowest BCUT2D eigenvalue weighted by Crippen LogP contribution is -2.18. The van der Waals surface area contributed by atoms with E-state index in [0.29, 0.717) is 11.4 Å². The predicted octanol–water partition coefficient (Wildman–Crippen LogP) is 2.56. The third-order valence-electron chi connectivity index (χ3n) is 2.52. The van der Waals surface area contributed by atoms with Crippen LogP contribution >= 0.6 is 12.6 Å². The fourth-order valence-electron chi connectivity index (χ4n) is 1.52. The number of anilines is 1. The molecule has 94 valence electrons. The van der Waals surface area contributed by atoms with Crippen molar-refractivity contribution in [1.29, 1.82) is 5.26 Å². The predicted molar refractivity (Wildman–Crippen MR) is 75.8 cm³/mol. The Kier molecular flexibility index (Phi) is 4.16. The smallest absolute Gasteiger partial charge is 0.242 e. The molecule has 1 aromatic heterocycles. The molecule has 1 heterocycles. The molecule has 0 aliphatic carbocycles. The molecule has 1 aromatic carbocycles. The van der Waals surface area contributed by atoms with Crippen LogP contribution in [0.5, 0.6) is 0 Å². The maximum Gasteiger partial charge on any atom is 0.242 e. The molecule has 0 aliphatic heterocycles. The minimum Gasteiger partial charge on any atom is -0.309 e. The van der Waals surface area contributed by atoms with Gasteiger partial charge in [0.2, 0.25) is 5.91 Å². The van der Waals surface area contributed by atoms with E-state index in [-0.39, 0.29) is 5.91 Å². The molecule has 1 atom stereocenters. The van der Waals surface area contributed by atoms with Crippen molar-refractivity contribution in [1.82, 2.24) is 4.98 Å². The van der Waals surface area contributed by atoms with Gasteiger partial charge in [-0.3, -0.25) is 4.79 Å². The highest BCUT2D eigenvalue weighted by Gasteiger charge is 2.16. The Bertz CT molecular complexity index is 605. The first-order valence-corrected chi connectivity index (χ1v) is 6.12. The van der Waals surface area contributed by atoms with Gasteiger partial charge < -0.3 is 5.32 Å². The van der Waals surface area contributed by atoms with Gasteiger partial charge in [-0.05, 0) is 29.8 Å². The number of pyridine rings is 1. The molecule has 0 spiro atoms. The second-order valence-electron chi connectivity index (χ2n) is 3.84. The molecule has 0 saturated heterocycles. The molecule has 0 aliphatic rings. The molecule has 1 unspecified atom stereocenters. The molecular formula is C14H11N3OS. The first kappa shape index (κ1) is 13.1. The van der Waals surface area contributed by atoms with E-state index in [1.54, 1.807) is 48.7 Å². The van der Waals surface area contributed by atoms with Crippen molar-refractivity contribution in [2.45, 2.75) is 5.25 Å². The fraction of sp³-hybridized carbons (Fsp3) is 0.0714. The van der Waals surface area contributed by atoms with Crippen LogP contribution in [0.15, 0.2) is 48.7 Å². The topological polar surface area (TPSA) is 65.8 Å². The maximum absolute atomic E-state index is 12.0. The first-order valence-electron chi connectivity index (χ1n) is 5.61. The third kappa shape index (κ3) is 3.33. The summed E-state index contributed by atoms with van der Waals surface area (Å²) < 4.78 is 0. The summed E-state index contributed by atoms with van der Waals surface area (Å²) in [6.07, 6.45) is 1.60. The van der Waals surface area contributed by atoms with Gasteiger partial charge in [-0.2, -0.15) is 17.9 Å². The van der Waals surface area contributed by atoms with Crippen molar-refractivity contribution in [2.75, 3.05) is 5.32 Å². The van der Waals surface area contributed by atoms with Gasteiger partial charge in [-0.1, -0.05) is 18.2 Å². The monoisotopic (exact) mass is 269 g/mol. The molecule has 0 saturated carbocycles. The number of nitrogens with zero attached hydrogens (tertiary/aromatic N) is 2. The Labute approximate surface area is 116 Å². The number of carbonyl (C=O) groups is 1. The first-order chi connectivity index (χ1) is 9.20. The highest BCUT2D eigenvalue weighted by Crippen LogP contribution is 2.21. The zero-order valence-electron chi connectivity index (χ0n) is 9.95. The molecular weight excluding hydrogens is 258 g/mol. The van der Waals surface area contributed by atoms with Crippen LogP contribution < -0.4 is 5.32 Å². The van der Waals surface area contributed by atoms with Crippen molar-refractivity contribution in [3.63, 3.8) is 0 Å². The summed E-state index contributed by atoms with van der Waals surface area (Å²) in [7, 11) is 0. The van der Waals surface area contributed by atoms with E-state index in [1.165, 1.54) is 0 Å². The van der Waals surface area contributed by atoms with Crippen LogP contribution in [0.25, 0.3) is 0 Å². The average Bonchev–Trinajstić information content (AvgIpc) is 2.47. The summed E-state index contributed by atoms with van der Waals surface area (Å²) >= 11 is 4.29. The molecule has 0 bridgehead atoms. The minimum atomic E-state index is -0.602. The number of hydrogen-bond donors (Lipinski definition) is 2. The Morgan fingerprint density at radius 1 is 1.26 bits per heavy atom. The fourth-order valence-corrected chi connectivity index (χ4v) is 1.76. The van der Waals surface area contributed by atoms with Gasteiger partial charge in [0.25, 0.3) is 0 Å². The number of aromatic nitrogens is 1. The van der Waals surface area contributed by atoms with Gasteiger partial charge >= 0.3 is 0 Å². The molecule has 0 radical (unpaired) electrons. The molecule has 1 N–H and O–H groups in total. The molecule has 19 heavy (non-hydrogen) atoms. The summed E-state index contributed by atoms with van der Waals surface area (Å²) in [4.78, 5) is 16.0. The van der Waals surface area contributed by atoms with E-state index in [9.17, 15) is 4.79 Å². The summed E-state index contributed by atoms with van der Waals surface area (Å²) in [6.45, 7) is 0. The Morgan fingerprint density at radius 2 is 2.00 bits per heavy atom. The summed E-state index contributed by atoms with van der Waals surface area (Å²) in [5.74, 6) is 0.229. The highest BCUT2D eigenvalue weighted by atomic mass is 32.1. The van der Waals surface area contributed by atoms with Gasteiger partial charge in [-0.15, -0.1) is 0 Å². The average molecular weight is 269 g/mol. The molecule has 2 aromatic rings. The van der Waals surface area contributed by atoms with Crippen molar-refractivity contribution in [2.24, 2.45) is 0 Å². The van der Waals surface area contributed by atoms with Gasteiger partial charge in [0.1, 0.15) is 11.1 Å². The second kappa shape index (κ2) is 6.03. The normalized spacial score (nSPS) is 11.4. The lowest BCUT2D eigenvalue weighted by Gasteiger charge is -2.11. The molecule has 2 rings (SSSR count). The molecule has 1 amide bonds. The standard InChI is InChI=1S/C14H11N3OS/c15-9-10-4-6-11(7-5-10)13(19)14(18)17-12-3-1-2-8-16-12/h1-8,13,19H,(H,16,17,18). The van der Waals surface area contributed by atoms with Gasteiger partial charge in [0.05, 0.1) is 11.6 Å². The lowest BCUT2D eigenvalue weighted by molar-refractivity contribution is -0.115. The Morgan fingerprint density at radius 3 is 2.58 bits per heavy atom. The van der Waals surface area contributed by atoms with Crippen LogP contribution in [0, 0.1) is 11.3 Å². The number of benzene rings is 1. The number of amides is 1. The van der Waals surface area contributed by atoms with E-state index >= 15 is 0 Å². The number of hydrogen-bond acceptors (Lipinski definition) is 4. The van der Waals surface area contributed by atoms with E-state index in [4.69, 9.17) is 5.26 Å². The van der Waals surface area contributed by atoms with Gasteiger partial charge in [0.15, 0.2) is 0 Å². The molecule has 4 nitrogen and oxygen atoms in total. The van der Waals surface area contributed by atoms with Crippen LogP contribution in [0.1, 0.15) is 16.4 Å². The lowest BCUT2D eigenvalue weighted by atomic mass is 10.1. The number of thiol groups is 1. The Balaban J connectivity index is 2.08. The van der Waals surface area contributed by atoms with Crippen molar-refractivity contribution in [3.05, 3.63) is 59.8 Å². The Hall–Kier alpha value is -2.32. The molecule has 5 heteroatoms. The summed E-state index contributed by atoms with van der Waals surface area (Å²) in [5, 5.41) is 10.8. The summed E-state index contributed by atoms with van der Waals surface area (Å²) in [5.41, 5.74) is 1.28. The second-order valence-corrected chi connectivity index (χ2v) is 4.36. The minimum absolute atomic E-state index is 0.258. The van der Waals surface area contributed by atoms with Crippen molar-refractivity contribution in [3.8, 4) is 6.07 Å². The molecule has 0 fully saturated rings. The largest absolute Gasteiger partial charge is 0.309 e. The number of carbonyl (C=O) groups excluding carboxylic acids is 1. The van der Waals surface area contributed by atoms with Crippen molar-refractivity contribution >= 4 is 24.4 Å². The third-order valence-corrected chi connectivity index (χ3v) is 3.05. The van der Waals surface area contributed by atoms with Crippen LogP contribution in [0.4, 0.5) is 5.82 Å². The van der Waals surface area contributed by atoms with Crippen molar-refractivity contribution < 1.29 is 4.79 Å². The van der Waals surface area contributed by atoms with Gasteiger partial charge in [-0.25, -0.2) is 4.98 Å². The van der Waals surface area contributed by atoms with Crippen LogP contribution in [-0.4, -0.2) is 10.9 Å². The highest BCUT2D eigenvalue weighted by molar-refractivity contribution is 7.81.